The monoisotopic (exact) mass is 341 g/mol. The SMILES string of the molecule is COc1ccc(C(O)(COc2ccccc2)CN2CCCCC2)cc1. The first kappa shape index (κ1) is 17.8. The van der Waals surface area contributed by atoms with Crippen LogP contribution >= 0.6 is 0 Å². The predicted octanol–water partition coefficient (Wildman–Crippen LogP) is 3.45. The number of hydrogen-bond acceptors (Lipinski definition) is 4. The Morgan fingerprint density at radius 3 is 2.24 bits per heavy atom. The lowest BCUT2D eigenvalue weighted by Gasteiger charge is -2.36. The summed E-state index contributed by atoms with van der Waals surface area (Å²) in [5.41, 5.74) is -0.200. The van der Waals surface area contributed by atoms with Crippen LogP contribution < -0.4 is 9.47 Å². The van der Waals surface area contributed by atoms with Gasteiger partial charge in [0.15, 0.2) is 0 Å². The van der Waals surface area contributed by atoms with Gasteiger partial charge in [-0.3, -0.25) is 4.90 Å². The number of aliphatic hydroxyl groups is 1. The fraction of sp³-hybridized carbons (Fsp3) is 0.429. The highest BCUT2D eigenvalue weighted by molar-refractivity contribution is 5.32. The fourth-order valence-corrected chi connectivity index (χ4v) is 3.33. The molecular weight excluding hydrogens is 314 g/mol. The van der Waals surface area contributed by atoms with Crippen molar-refractivity contribution in [3.8, 4) is 11.5 Å². The molecule has 0 aliphatic carbocycles. The Labute approximate surface area is 150 Å². The van der Waals surface area contributed by atoms with Crippen molar-refractivity contribution in [1.82, 2.24) is 4.90 Å². The maximum Gasteiger partial charge on any atom is 0.136 e. The third-order valence-corrected chi connectivity index (χ3v) is 4.78. The zero-order chi connectivity index (χ0) is 17.5. The summed E-state index contributed by atoms with van der Waals surface area (Å²) in [4.78, 5) is 2.34. The minimum atomic E-state index is -1.06. The molecule has 4 nitrogen and oxygen atoms in total. The van der Waals surface area contributed by atoms with E-state index in [-0.39, 0.29) is 6.61 Å². The molecule has 0 spiro atoms. The van der Waals surface area contributed by atoms with Crippen molar-refractivity contribution in [2.45, 2.75) is 24.9 Å². The van der Waals surface area contributed by atoms with Crippen LogP contribution in [0.2, 0.25) is 0 Å². The lowest BCUT2D eigenvalue weighted by Crippen LogP contribution is -2.46. The molecule has 1 fully saturated rings. The van der Waals surface area contributed by atoms with E-state index in [2.05, 4.69) is 4.90 Å². The van der Waals surface area contributed by atoms with Crippen molar-refractivity contribution in [3.63, 3.8) is 0 Å². The van der Waals surface area contributed by atoms with Gasteiger partial charge in [0.2, 0.25) is 0 Å². The quantitative estimate of drug-likeness (QED) is 0.838. The summed E-state index contributed by atoms with van der Waals surface area (Å²) in [6.07, 6.45) is 3.66. The number of methoxy groups -OCH3 is 1. The highest BCUT2D eigenvalue weighted by Crippen LogP contribution is 2.27. The second-order valence-electron chi connectivity index (χ2n) is 6.70. The molecule has 1 heterocycles. The van der Waals surface area contributed by atoms with Crippen LogP contribution in [0.4, 0.5) is 0 Å². The van der Waals surface area contributed by atoms with E-state index in [0.29, 0.717) is 6.54 Å². The smallest absolute Gasteiger partial charge is 0.136 e. The summed E-state index contributed by atoms with van der Waals surface area (Å²) in [7, 11) is 1.65. The lowest BCUT2D eigenvalue weighted by atomic mass is 9.93. The second kappa shape index (κ2) is 8.37. The molecule has 1 saturated heterocycles. The molecule has 4 heteroatoms. The zero-order valence-corrected chi connectivity index (χ0v) is 14.9. The Balaban J connectivity index is 1.78. The zero-order valence-electron chi connectivity index (χ0n) is 14.9. The summed E-state index contributed by atoms with van der Waals surface area (Å²) in [6.45, 7) is 2.86. The molecular formula is C21H27NO3. The molecule has 0 radical (unpaired) electrons. The number of β-amino-alcohol motifs (C(OH)–C–C–N with tert-alkyl or cyclic N) is 1. The topological polar surface area (TPSA) is 41.9 Å². The molecule has 134 valence electrons. The van der Waals surface area contributed by atoms with Gasteiger partial charge in [-0.15, -0.1) is 0 Å². The van der Waals surface area contributed by atoms with Crippen molar-refractivity contribution < 1.29 is 14.6 Å². The van der Waals surface area contributed by atoms with Crippen molar-refractivity contribution in [1.29, 1.82) is 0 Å². The number of benzene rings is 2. The largest absolute Gasteiger partial charge is 0.497 e. The van der Waals surface area contributed by atoms with Gasteiger partial charge < -0.3 is 14.6 Å². The molecule has 3 rings (SSSR count). The maximum absolute atomic E-state index is 11.5. The van der Waals surface area contributed by atoms with Crippen molar-refractivity contribution in [3.05, 3.63) is 60.2 Å². The van der Waals surface area contributed by atoms with Crippen molar-refractivity contribution in [2.24, 2.45) is 0 Å². The molecule has 1 N–H and O–H groups in total. The van der Waals surface area contributed by atoms with Gasteiger partial charge in [-0.1, -0.05) is 36.8 Å². The highest BCUT2D eigenvalue weighted by atomic mass is 16.5. The third-order valence-electron chi connectivity index (χ3n) is 4.78. The molecule has 0 aromatic heterocycles. The van der Waals surface area contributed by atoms with E-state index in [9.17, 15) is 5.11 Å². The Morgan fingerprint density at radius 2 is 1.60 bits per heavy atom. The molecule has 1 atom stereocenters. The Bertz CT molecular complexity index is 638. The van der Waals surface area contributed by atoms with E-state index in [0.717, 1.165) is 30.2 Å². The predicted molar refractivity (Wildman–Crippen MR) is 99.1 cm³/mol. The van der Waals surface area contributed by atoms with Gasteiger partial charge in [-0.25, -0.2) is 0 Å². The van der Waals surface area contributed by atoms with Crippen LogP contribution in [0, 0.1) is 0 Å². The summed E-state index contributed by atoms with van der Waals surface area (Å²) >= 11 is 0. The van der Waals surface area contributed by atoms with E-state index >= 15 is 0 Å². The van der Waals surface area contributed by atoms with E-state index in [1.54, 1.807) is 7.11 Å². The van der Waals surface area contributed by atoms with Crippen LogP contribution in [0.5, 0.6) is 11.5 Å². The molecule has 0 saturated carbocycles. The minimum Gasteiger partial charge on any atom is -0.497 e. The average molecular weight is 341 g/mol. The van der Waals surface area contributed by atoms with Gasteiger partial charge in [0.05, 0.1) is 7.11 Å². The fourth-order valence-electron chi connectivity index (χ4n) is 3.33. The van der Waals surface area contributed by atoms with Gasteiger partial charge in [-0.2, -0.15) is 0 Å². The number of likely N-dealkylation sites (tertiary alicyclic amines) is 1. The van der Waals surface area contributed by atoms with Crippen molar-refractivity contribution >= 4 is 0 Å². The molecule has 2 aromatic rings. The number of para-hydroxylation sites is 1. The summed E-state index contributed by atoms with van der Waals surface area (Å²) < 4.78 is 11.2. The standard InChI is InChI=1S/C21H27NO3/c1-24-19-12-10-18(11-13-19)21(23,16-22-14-6-3-7-15-22)17-25-20-8-4-2-5-9-20/h2,4-5,8-13,23H,3,6-7,14-17H2,1H3. The van der Waals surface area contributed by atoms with Crippen molar-refractivity contribution in [2.75, 3.05) is 33.4 Å². The van der Waals surface area contributed by atoms with E-state index in [1.165, 1.54) is 19.3 Å². The van der Waals surface area contributed by atoms with Crippen LogP contribution in [0.1, 0.15) is 24.8 Å². The molecule has 2 aromatic carbocycles. The molecule has 1 unspecified atom stereocenters. The molecule has 1 aliphatic rings. The average Bonchev–Trinajstić information content (AvgIpc) is 2.68. The van der Waals surface area contributed by atoms with Gasteiger partial charge in [0, 0.05) is 6.54 Å². The Hall–Kier alpha value is -2.04. The summed E-state index contributed by atoms with van der Waals surface area (Å²) in [5.74, 6) is 1.56. The highest BCUT2D eigenvalue weighted by Gasteiger charge is 2.33. The van der Waals surface area contributed by atoms with E-state index < -0.39 is 5.60 Å². The Morgan fingerprint density at radius 1 is 0.920 bits per heavy atom. The molecule has 1 aliphatic heterocycles. The number of hydrogen-bond donors (Lipinski definition) is 1. The molecule has 0 bridgehead atoms. The summed E-state index contributed by atoms with van der Waals surface area (Å²) in [6, 6.07) is 17.3. The maximum atomic E-state index is 11.5. The van der Waals surface area contributed by atoms with Gasteiger partial charge in [0.25, 0.3) is 0 Å². The van der Waals surface area contributed by atoms with Gasteiger partial charge in [0.1, 0.15) is 23.7 Å². The van der Waals surface area contributed by atoms with Crippen LogP contribution in [0.15, 0.2) is 54.6 Å². The van der Waals surface area contributed by atoms with Crippen LogP contribution in [-0.2, 0) is 5.60 Å². The van der Waals surface area contributed by atoms with Gasteiger partial charge >= 0.3 is 0 Å². The Kier molecular flexibility index (Phi) is 5.95. The first-order valence-electron chi connectivity index (χ1n) is 8.97. The number of rotatable bonds is 7. The van der Waals surface area contributed by atoms with Crippen LogP contribution in [0.3, 0.4) is 0 Å². The minimum absolute atomic E-state index is 0.222. The third kappa shape index (κ3) is 4.74. The lowest BCUT2D eigenvalue weighted by molar-refractivity contribution is -0.0405. The molecule has 25 heavy (non-hydrogen) atoms. The van der Waals surface area contributed by atoms with Gasteiger partial charge in [-0.05, 0) is 55.8 Å². The second-order valence-corrected chi connectivity index (χ2v) is 6.70. The normalized spacial score (nSPS) is 17.7. The van der Waals surface area contributed by atoms with Crippen LogP contribution in [-0.4, -0.2) is 43.4 Å². The number of nitrogens with zero attached hydrogens (tertiary/aromatic N) is 1. The number of ether oxygens (including phenoxy) is 2. The first-order chi connectivity index (χ1) is 12.2. The summed E-state index contributed by atoms with van der Waals surface area (Å²) in [5, 5.41) is 11.5. The number of piperidine rings is 1. The molecule has 0 amide bonds. The van der Waals surface area contributed by atoms with E-state index in [4.69, 9.17) is 9.47 Å². The van der Waals surface area contributed by atoms with Crippen LogP contribution in [0.25, 0.3) is 0 Å². The first-order valence-corrected chi connectivity index (χ1v) is 8.97. The van der Waals surface area contributed by atoms with E-state index in [1.807, 2.05) is 54.6 Å².